The lowest BCUT2D eigenvalue weighted by atomic mass is 9.73. The van der Waals surface area contributed by atoms with Crippen molar-refractivity contribution in [3.05, 3.63) is 0 Å². The fourth-order valence-corrected chi connectivity index (χ4v) is 3.07. The van der Waals surface area contributed by atoms with Gasteiger partial charge in [-0.2, -0.15) is 0 Å². The van der Waals surface area contributed by atoms with Crippen LogP contribution in [0.4, 0.5) is 0 Å². The van der Waals surface area contributed by atoms with E-state index in [1.807, 2.05) is 0 Å². The van der Waals surface area contributed by atoms with Crippen LogP contribution in [0.15, 0.2) is 0 Å². The van der Waals surface area contributed by atoms with Crippen molar-refractivity contribution in [2.75, 3.05) is 0 Å². The van der Waals surface area contributed by atoms with Crippen LogP contribution in [-0.4, -0.2) is 4.83 Å². The molecule has 0 N–H and O–H groups in total. The first kappa shape index (κ1) is 9.57. The highest BCUT2D eigenvalue weighted by molar-refractivity contribution is 9.09. The second-order valence-electron chi connectivity index (χ2n) is 4.36. The fourth-order valence-electron chi connectivity index (χ4n) is 2.29. The molecule has 1 aliphatic carbocycles. The summed E-state index contributed by atoms with van der Waals surface area (Å²) < 4.78 is 0. The second-order valence-corrected chi connectivity index (χ2v) is 5.92. The third-order valence-corrected chi connectivity index (χ3v) is 3.16. The highest BCUT2D eigenvalue weighted by atomic mass is 79.9. The summed E-state index contributed by atoms with van der Waals surface area (Å²) in [6, 6.07) is 0. The van der Waals surface area contributed by atoms with Gasteiger partial charge in [-0.15, -0.1) is 0 Å². The van der Waals surface area contributed by atoms with Crippen LogP contribution in [0.2, 0.25) is 0 Å². The predicted molar refractivity (Wildman–Crippen MR) is 54.2 cm³/mol. The van der Waals surface area contributed by atoms with Crippen LogP contribution in [0, 0.1) is 5.41 Å². The predicted octanol–water partition coefficient (Wildman–Crippen LogP) is 4.13. The molecule has 1 aliphatic rings. The molecule has 1 saturated carbocycles. The summed E-state index contributed by atoms with van der Waals surface area (Å²) in [6.45, 7) is 4.71. The van der Waals surface area contributed by atoms with E-state index < -0.39 is 0 Å². The van der Waals surface area contributed by atoms with Gasteiger partial charge in [-0.25, -0.2) is 0 Å². The van der Waals surface area contributed by atoms with Gasteiger partial charge in [0, 0.05) is 4.83 Å². The Labute approximate surface area is 78.9 Å². The van der Waals surface area contributed by atoms with Crippen molar-refractivity contribution in [3.8, 4) is 0 Å². The van der Waals surface area contributed by atoms with Crippen molar-refractivity contribution < 1.29 is 0 Å². The molecule has 0 radical (unpaired) electrons. The van der Waals surface area contributed by atoms with Crippen LogP contribution in [0.5, 0.6) is 0 Å². The maximum absolute atomic E-state index is 3.65. The lowest BCUT2D eigenvalue weighted by molar-refractivity contribution is 0.201. The molecule has 0 nitrogen and oxygen atoms in total. The molecule has 0 aromatic rings. The maximum atomic E-state index is 3.65. The molecule has 1 atom stereocenters. The third kappa shape index (κ3) is 3.14. The minimum atomic E-state index is 0.654. The minimum Gasteiger partial charge on any atom is -0.0893 e. The van der Waals surface area contributed by atoms with Gasteiger partial charge in [0.15, 0.2) is 0 Å². The Balaban J connectivity index is 2.37. The van der Waals surface area contributed by atoms with Gasteiger partial charge in [-0.05, 0) is 24.7 Å². The first-order valence-electron chi connectivity index (χ1n) is 4.76. The topological polar surface area (TPSA) is 0 Å². The second kappa shape index (κ2) is 3.93. The van der Waals surface area contributed by atoms with Gasteiger partial charge in [0.25, 0.3) is 0 Å². The summed E-state index contributed by atoms with van der Waals surface area (Å²) >= 11 is 3.65. The largest absolute Gasteiger partial charge is 0.0893 e. The van der Waals surface area contributed by atoms with Crippen LogP contribution in [-0.2, 0) is 0 Å². The van der Waals surface area contributed by atoms with Crippen LogP contribution >= 0.6 is 15.9 Å². The highest BCUT2D eigenvalue weighted by Crippen LogP contribution is 2.40. The van der Waals surface area contributed by atoms with Gasteiger partial charge < -0.3 is 0 Å². The molecule has 0 aromatic heterocycles. The van der Waals surface area contributed by atoms with E-state index >= 15 is 0 Å². The monoisotopic (exact) mass is 218 g/mol. The van der Waals surface area contributed by atoms with Crippen molar-refractivity contribution in [2.45, 2.75) is 57.2 Å². The SMILES string of the molecule is CC(Br)CC1(C)CCCCC1. The van der Waals surface area contributed by atoms with Gasteiger partial charge in [-0.3, -0.25) is 0 Å². The normalized spacial score (nSPS) is 26.5. The van der Waals surface area contributed by atoms with E-state index in [0.717, 1.165) is 0 Å². The van der Waals surface area contributed by atoms with Gasteiger partial charge in [0.1, 0.15) is 0 Å². The van der Waals surface area contributed by atoms with Crippen molar-refractivity contribution in [2.24, 2.45) is 5.41 Å². The van der Waals surface area contributed by atoms with E-state index in [0.29, 0.717) is 10.2 Å². The number of hydrogen-bond donors (Lipinski definition) is 0. The first-order chi connectivity index (χ1) is 5.12. The molecule has 1 heteroatoms. The van der Waals surface area contributed by atoms with Gasteiger partial charge in [0.2, 0.25) is 0 Å². The lowest BCUT2D eigenvalue weighted by Gasteiger charge is -2.34. The van der Waals surface area contributed by atoms with Crippen molar-refractivity contribution in [1.29, 1.82) is 0 Å². The molecule has 0 amide bonds. The van der Waals surface area contributed by atoms with Crippen LogP contribution in [0.1, 0.15) is 52.4 Å². The Morgan fingerprint density at radius 1 is 1.27 bits per heavy atom. The molecule has 0 heterocycles. The summed E-state index contributed by atoms with van der Waals surface area (Å²) in [5.74, 6) is 0. The summed E-state index contributed by atoms with van der Waals surface area (Å²) in [4.78, 5) is 0.700. The molecule has 0 bridgehead atoms. The zero-order valence-electron chi connectivity index (χ0n) is 7.70. The molecule has 0 aromatic carbocycles. The molecule has 0 spiro atoms. The van der Waals surface area contributed by atoms with E-state index in [1.165, 1.54) is 38.5 Å². The number of halogens is 1. The first-order valence-corrected chi connectivity index (χ1v) is 5.68. The zero-order valence-corrected chi connectivity index (χ0v) is 9.28. The van der Waals surface area contributed by atoms with E-state index in [1.54, 1.807) is 0 Å². The molecule has 66 valence electrons. The van der Waals surface area contributed by atoms with Gasteiger partial charge in [-0.1, -0.05) is 49.0 Å². The summed E-state index contributed by atoms with van der Waals surface area (Å²) in [5.41, 5.74) is 0.654. The Morgan fingerprint density at radius 2 is 1.82 bits per heavy atom. The molecule has 0 aliphatic heterocycles. The molecular formula is C10H19Br. The Hall–Kier alpha value is 0.480. The minimum absolute atomic E-state index is 0.654. The molecule has 0 saturated heterocycles. The van der Waals surface area contributed by atoms with Crippen LogP contribution in [0.25, 0.3) is 0 Å². The quantitative estimate of drug-likeness (QED) is 0.612. The van der Waals surface area contributed by atoms with Crippen LogP contribution in [0.3, 0.4) is 0 Å². The fraction of sp³-hybridized carbons (Fsp3) is 1.00. The standard InChI is InChI=1S/C10H19Br/c1-9(11)8-10(2)6-4-3-5-7-10/h9H,3-8H2,1-2H3. The summed E-state index contributed by atoms with van der Waals surface area (Å²) in [6.07, 6.45) is 8.62. The molecule has 11 heavy (non-hydrogen) atoms. The average molecular weight is 219 g/mol. The van der Waals surface area contributed by atoms with Crippen molar-refractivity contribution in [1.82, 2.24) is 0 Å². The Kier molecular flexibility index (Phi) is 3.42. The molecule has 1 rings (SSSR count). The smallest absolute Gasteiger partial charge is 0.0122 e. The highest BCUT2D eigenvalue weighted by Gasteiger charge is 2.27. The Bertz CT molecular complexity index is 112. The van der Waals surface area contributed by atoms with Crippen molar-refractivity contribution >= 4 is 15.9 Å². The average Bonchev–Trinajstić information content (AvgIpc) is 1.85. The van der Waals surface area contributed by atoms with E-state index in [-0.39, 0.29) is 0 Å². The third-order valence-electron chi connectivity index (χ3n) is 2.83. The molecular weight excluding hydrogens is 200 g/mol. The van der Waals surface area contributed by atoms with E-state index in [2.05, 4.69) is 29.8 Å². The number of alkyl halides is 1. The van der Waals surface area contributed by atoms with Crippen molar-refractivity contribution in [3.63, 3.8) is 0 Å². The summed E-state index contributed by atoms with van der Waals surface area (Å²) in [7, 11) is 0. The van der Waals surface area contributed by atoms with E-state index in [9.17, 15) is 0 Å². The number of rotatable bonds is 2. The lowest BCUT2D eigenvalue weighted by Crippen LogP contribution is -2.22. The Morgan fingerprint density at radius 3 is 2.27 bits per heavy atom. The number of hydrogen-bond acceptors (Lipinski definition) is 0. The van der Waals surface area contributed by atoms with Gasteiger partial charge in [0.05, 0.1) is 0 Å². The van der Waals surface area contributed by atoms with Gasteiger partial charge >= 0.3 is 0 Å². The maximum Gasteiger partial charge on any atom is 0.0122 e. The molecule has 1 unspecified atom stereocenters. The molecule has 1 fully saturated rings. The van der Waals surface area contributed by atoms with E-state index in [4.69, 9.17) is 0 Å². The summed E-state index contributed by atoms with van der Waals surface area (Å²) in [5, 5.41) is 0. The van der Waals surface area contributed by atoms with Crippen LogP contribution < -0.4 is 0 Å². The zero-order chi connectivity index (χ0) is 8.32.